The largest absolute Gasteiger partial charge is 0.375 e. The van der Waals surface area contributed by atoms with Gasteiger partial charge >= 0.3 is 0 Å². The van der Waals surface area contributed by atoms with Crippen molar-refractivity contribution in [2.45, 2.75) is 33.7 Å². The number of carbonyl (C=O) groups is 1. The Morgan fingerprint density at radius 3 is 2.73 bits per heavy atom. The van der Waals surface area contributed by atoms with Crippen LogP contribution in [0.2, 0.25) is 5.02 Å². The number of nitrogens with zero attached hydrogens (tertiary/aromatic N) is 1. The summed E-state index contributed by atoms with van der Waals surface area (Å²) in [5.41, 5.74) is 2.17. The number of hydrogen-bond donors (Lipinski definition) is 3. The third-order valence-corrected chi connectivity index (χ3v) is 5.54. The van der Waals surface area contributed by atoms with Crippen molar-refractivity contribution in [3.8, 4) is 0 Å². The van der Waals surface area contributed by atoms with E-state index in [1.165, 1.54) is 18.3 Å². The van der Waals surface area contributed by atoms with E-state index in [9.17, 15) is 9.59 Å². The van der Waals surface area contributed by atoms with Gasteiger partial charge in [0.15, 0.2) is 0 Å². The Morgan fingerprint density at radius 2 is 2.08 bits per heavy atom. The van der Waals surface area contributed by atoms with Crippen LogP contribution in [0.25, 0.3) is 10.2 Å². The molecule has 0 aliphatic carbocycles. The number of benzene rings is 1. The normalized spacial score (nSPS) is 12.2. The fraction of sp³-hybridized carbons (Fsp3) is 0.278. The Bertz CT molecular complexity index is 1060. The maximum atomic E-state index is 12.4. The van der Waals surface area contributed by atoms with E-state index in [0.29, 0.717) is 21.9 Å². The van der Waals surface area contributed by atoms with Gasteiger partial charge in [0.05, 0.1) is 22.1 Å². The smallest absolute Gasteiger partial charge is 0.259 e. The van der Waals surface area contributed by atoms with Crippen LogP contribution in [-0.2, 0) is 4.79 Å². The summed E-state index contributed by atoms with van der Waals surface area (Å²) < 4.78 is 0. The van der Waals surface area contributed by atoms with Crippen LogP contribution in [0.4, 0.5) is 11.4 Å². The lowest BCUT2D eigenvalue weighted by molar-refractivity contribution is -0.114. The summed E-state index contributed by atoms with van der Waals surface area (Å²) in [6.07, 6.45) is 0. The third-order valence-electron chi connectivity index (χ3n) is 4.13. The van der Waals surface area contributed by atoms with Gasteiger partial charge in [-0.15, -0.1) is 11.3 Å². The molecule has 0 aliphatic heterocycles. The number of thiophene rings is 1. The van der Waals surface area contributed by atoms with Crippen molar-refractivity contribution in [2.75, 3.05) is 10.6 Å². The molecule has 1 aromatic carbocycles. The topological polar surface area (TPSA) is 86.9 Å². The van der Waals surface area contributed by atoms with Crippen LogP contribution < -0.4 is 16.2 Å². The molecule has 0 saturated carbocycles. The van der Waals surface area contributed by atoms with Crippen LogP contribution in [0.5, 0.6) is 0 Å². The molecule has 0 spiro atoms. The van der Waals surface area contributed by atoms with Gasteiger partial charge < -0.3 is 15.6 Å². The Hall–Kier alpha value is -2.38. The van der Waals surface area contributed by atoms with E-state index in [1.807, 2.05) is 26.8 Å². The Kier molecular flexibility index (Phi) is 5.02. The highest BCUT2D eigenvalue weighted by Gasteiger charge is 2.15. The quantitative estimate of drug-likeness (QED) is 0.616. The first-order chi connectivity index (χ1) is 12.3. The SMILES string of the molecule is CC(=O)Nc1ccc(N[C@@H](C)c2nc3sc(C)c(C)c3c(=O)[nH]2)cc1Cl. The van der Waals surface area contributed by atoms with E-state index in [0.717, 1.165) is 21.0 Å². The van der Waals surface area contributed by atoms with E-state index in [-0.39, 0.29) is 17.5 Å². The highest BCUT2D eigenvalue weighted by molar-refractivity contribution is 7.18. The summed E-state index contributed by atoms with van der Waals surface area (Å²) >= 11 is 7.72. The molecule has 26 heavy (non-hydrogen) atoms. The zero-order valence-electron chi connectivity index (χ0n) is 14.9. The van der Waals surface area contributed by atoms with Gasteiger partial charge in [-0.05, 0) is 44.5 Å². The van der Waals surface area contributed by atoms with Gasteiger partial charge in [-0.25, -0.2) is 4.98 Å². The predicted octanol–water partition coefficient (Wildman–Crippen LogP) is 4.39. The summed E-state index contributed by atoms with van der Waals surface area (Å²) in [6, 6.07) is 5.03. The molecular formula is C18H19ClN4O2S. The number of carbonyl (C=O) groups excluding carboxylic acids is 1. The molecule has 8 heteroatoms. The Labute approximate surface area is 159 Å². The maximum Gasteiger partial charge on any atom is 0.259 e. The van der Waals surface area contributed by atoms with Gasteiger partial charge in [0, 0.05) is 17.5 Å². The van der Waals surface area contributed by atoms with Crippen molar-refractivity contribution < 1.29 is 4.79 Å². The van der Waals surface area contributed by atoms with Crippen LogP contribution in [-0.4, -0.2) is 15.9 Å². The molecule has 0 radical (unpaired) electrons. The van der Waals surface area contributed by atoms with Gasteiger partial charge in [-0.3, -0.25) is 9.59 Å². The molecule has 0 aliphatic rings. The fourth-order valence-electron chi connectivity index (χ4n) is 2.69. The molecule has 1 atom stereocenters. The number of aromatic nitrogens is 2. The molecule has 6 nitrogen and oxygen atoms in total. The number of hydrogen-bond acceptors (Lipinski definition) is 5. The molecule has 0 saturated heterocycles. The monoisotopic (exact) mass is 390 g/mol. The first kappa shape index (κ1) is 18.4. The fourth-order valence-corrected chi connectivity index (χ4v) is 3.96. The lowest BCUT2D eigenvalue weighted by Gasteiger charge is -2.15. The maximum absolute atomic E-state index is 12.4. The van der Waals surface area contributed by atoms with Gasteiger partial charge in [0.25, 0.3) is 5.56 Å². The summed E-state index contributed by atoms with van der Waals surface area (Å²) in [5.74, 6) is 0.378. The third kappa shape index (κ3) is 3.59. The first-order valence-corrected chi connectivity index (χ1v) is 9.29. The highest BCUT2D eigenvalue weighted by atomic mass is 35.5. The number of aromatic amines is 1. The predicted molar refractivity (Wildman–Crippen MR) is 108 cm³/mol. The minimum absolute atomic E-state index is 0.125. The summed E-state index contributed by atoms with van der Waals surface area (Å²) in [7, 11) is 0. The number of halogens is 1. The minimum atomic E-state index is -0.225. The number of H-pyrrole nitrogens is 1. The van der Waals surface area contributed by atoms with Crippen molar-refractivity contribution in [1.29, 1.82) is 0 Å². The zero-order valence-corrected chi connectivity index (χ0v) is 16.4. The molecule has 0 fully saturated rings. The lowest BCUT2D eigenvalue weighted by Crippen LogP contribution is -2.17. The number of anilines is 2. The van der Waals surface area contributed by atoms with Crippen LogP contribution in [0, 0.1) is 13.8 Å². The van der Waals surface area contributed by atoms with Crippen molar-refractivity contribution >= 4 is 50.4 Å². The summed E-state index contributed by atoms with van der Waals surface area (Å²) in [4.78, 5) is 32.9. The van der Waals surface area contributed by atoms with Crippen LogP contribution >= 0.6 is 22.9 Å². The molecule has 2 aromatic heterocycles. The van der Waals surface area contributed by atoms with Crippen LogP contribution in [0.1, 0.15) is 36.2 Å². The van der Waals surface area contributed by atoms with E-state index in [2.05, 4.69) is 20.6 Å². The van der Waals surface area contributed by atoms with E-state index >= 15 is 0 Å². The second-order valence-electron chi connectivity index (χ2n) is 6.16. The number of rotatable bonds is 4. The second kappa shape index (κ2) is 7.09. The van der Waals surface area contributed by atoms with Gasteiger partial charge in [-0.1, -0.05) is 11.6 Å². The average Bonchev–Trinajstić information content (AvgIpc) is 2.84. The Balaban J connectivity index is 1.87. The lowest BCUT2D eigenvalue weighted by atomic mass is 10.2. The van der Waals surface area contributed by atoms with E-state index in [1.54, 1.807) is 12.1 Å². The number of nitrogens with one attached hydrogen (secondary N) is 3. The van der Waals surface area contributed by atoms with Gasteiger partial charge in [-0.2, -0.15) is 0 Å². The molecule has 3 aromatic rings. The van der Waals surface area contributed by atoms with Crippen molar-refractivity contribution in [3.05, 3.63) is 49.8 Å². The van der Waals surface area contributed by atoms with E-state index < -0.39 is 0 Å². The van der Waals surface area contributed by atoms with Crippen molar-refractivity contribution in [3.63, 3.8) is 0 Å². The zero-order chi connectivity index (χ0) is 19.0. The summed E-state index contributed by atoms with van der Waals surface area (Å²) in [6.45, 7) is 7.26. The van der Waals surface area contributed by atoms with Crippen LogP contribution in [0.3, 0.4) is 0 Å². The minimum Gasteiger partial charge on any atom is -0.375 e. The number of fused-ring (bicyclic) bond motifs is 1. The van der Waals surface area contributed by atoms with Gasteiger partial charge in [0.1, 0.15) is 10.7 Å². The van der Waals surface area contributed by atoms with Crippen LogP contribution in [0.15, 0.2) is 23.0 Å². The van der Waals surface area contributed by atoms with Gasteiger partial charge in [0.2, 0.25) is 5.91 Å². The van der Waals surface area contributed by atoms with E-state index in [4.69, 9.17) is 11.6 Å². The highest BCUT2D eigenvalue weighted by Crippen LogP contribution is 2.29. The molecule has 0 bridgehead atoms. The summed E-state index contributed by atoms with van der Waals surface area (Å²) in [5, 5.41) is 7.02. The molecule has 136 valence electrons. The van der Waals surface area contributed by atoms with Crippen molar-refractivity contribution in [2.24, 2.45) is 0 Å². The molecule has 2 heterocycles. The number of aryl methyl sites for hydroxylation is 2. The standard InChI is InChI=1S/C18H19ClN4O2S/c1-8-10(3)26-18-15(8)17(25)22-16(23-18)9(2)20-12-5-6-14(13(19)7-12)21-11(4)24/h5-7,9,20H,1-4H3,(H,21,24)(H,22,23,25)/t9-/m0/s1. The molecule has 1 amide bonds. The molecule has 0 unspecified atom stereocenters. The first-order valence-electron chi connectivity index (χ1n) is 8.10. The molecule has 3 rings (SSSR count). The van der Waals surface area contributed by atoms with Crippen molar-refractivity contribution in [1.82, 2.24) is 9.97 Å². The molecular weight excluding hydrogens is 372 g/mol. The Morgan fingerprint density at radius 1 is 1.35 bits per heavy atom. The average molecular weight is 391 g/mol. The number of amides is 1. The second-order valence-corrected chi connectivity index (χ2v) is 7.77. The molecule has 3 N–H and O–H groups in total.